The van der Waals surface area contributed by atoms with E-state index in [1.165, 1.54) is 24.3 Å². The second-order valence-electron chi connectivity index (χ2n) is 9.97. The number of hydrogen-bond donors (Lipinski definition) is 3. The number of amides is 1. The average Bonchev–Trinajstić information content (AvgIpc) is 3.41. The fourth-order valence-electron chi connectivity index (χ4n) is 3.58. The molecular weight excluding hydrogens is 549 g/mol. The Kier molecular flexibility index (Phi) is 12.2. The van der Waals surface area contributed by atoms with Crippen LogP contribution in [0, 0.1) is 0 Å². The van der Waals surface area contributed by atoms with Crippen LogP contribution in [0.5, 0.6) is 5.75 Å². The Bertz CT molecular complexity index is 1080. The number of aromatic nitrogens is 3. The number of hydrogen-bond acceptors (Lipinski definition) is 11. The smallest absolute Gasteiger partial charge is 0.444 e. The van der Waals surface area contributed by atoms with Gasteiger partial charge in [-0.3, -0.25) is 0 Å². The first kappa shape index (κ1) is 32.1. The summed E-state index contributed by atoms with van der Waals surface area (Å²) < 4.78 is 63.2. The van der Waals surface area contributed by atoms with Crippen LogP contribution in [0.2, 0.25) is 0 Å². The van der Waals surface area contributed by atoms with Gasteiger partial charge in [0.25, 0.3) is 0 Å². The van der Waals surface area contributed by atoms with Gasteiger partial charge in [-0.05, 0) is 57.9 Å². The minimum atomic E-state index is -4.78. The fourth-order valence-corrected chi connectivity index (χ4v) is 3.58. The molecule has 0 bridgehead atoms. The Hall–Kier alpha value is -3.43. The Morgan fingerprint density at radius 2 is 1.61 bits per heavy atom. The highest BCUT2D eigenvalue weighted by molar-refractivity contribution is 5.67. The molecule has 3 N–H and O–H groups in total. The third-order valence-electron chi connectivity index (χ3n) is 5.31. The highest BCUT2D eigenvalue weighted by atomic mass is 19.4. The molecule has 0 spiro atoms. The lowest BCUT2D eigenvalue weighted by Crippen LogP contribution is -2.34. The van der Waals surface area contributed by atoms with E-state index in [1.807, 2.05) is 0 Å². The van der Waals surface area contributed by atoms with Gasteiger partial charge >= 0.3 is 12.5 Å². The molecule has 0 aliphatic carbocycles. The number of ether oxygens (including phenoxy) is 5. The molecule has 12 nitrogen and oxygen atoms in total. The zero-order valence-electron chi connectivity index (χ0n) is 23.4. The number of anilines is 2. The Morgan fingerprint density at radius 3 is 2.22 bits per heavy atom. The summed E-state index contributed by atoms with van der Waals surface area (Å²) in [6.07, 6.45) is -3.31. The minimum Gasteiger partial charge on any atom is -0.444 e. The molecule has 15 heteroatoms. The van der Waals surface area contributed by atoms with E-state index in [0.717, 1.165) is 12.8 Å². The molecule has 1 unspecified atom stereocenters. The van der Waals surface area contributed by atoms with Crippen LogP contribution in [-0.4, -0.2) is 91.8 Å². The fraction of sp³-hybridized carbons (Fsp3) is 0.615. The number of alkyl halides is 3. The zero-order valence-corrected chi connectivity index (χ0v) is 23.4. The van der Waals surface area contributed by atoms with E-state index in [0.29, 0.717) is 64.2 Å². The van der Waals surface area contributed by atoms with Gasteiger partial charge < -0.3 is 39.6 Å². The third kappa shape index (κ3) is 13.2. The topological polar surface area (TPSA) is 138 Å². The molecular formula is C26H37F3N6O6. The molecule has 3 rings (SSSR count). The average molecular weight is 587 g/mol. The first-order chi connectivity index (χ1) is 19.5. The number of halogens is 3. The summed E-state index contributed by atoms with van der Waals surface area (Å²) in [4.78, 5) is 24.8. The second-order valence-corrected chi connectivity index (χ2v) is 9.97. The lowest BCUT2D eigenvalue weighted by atomic mass is 10.2. The van der Waals surface area contributed by atoms with E-state index in [4.69, 9.17) is 18.9 Å². The van der Waals surface area contributed by atoms with Gasteiger partial charge in [0.1, 0.15) is 11.4 Å². The maximum atomic E-state index is 12.5. The predicted molar refractivity (Wildman–Crippen MR) is 144 cm³/mol. The Labute approximate surface area is 236 Å². The van der Waals surface area contributed by atoms with E-state index >= 15 is 0 Å². The van der Waals surface area contributed by atoms with Gasteiger partial charge in [0, 0.05) is 31.8 Å². The van der Waals surface area contributed by atoms with Crippen LogP contribution >= 0.6 is 0 Å². The quantitative estimate of drug-likeness (QED) is 0.261. The van der Waals surface area contributed by atoms with Crippen LogP contribution in [-0.2, 0) is 18.9 Å². The van der Waals surface area contributed by atoms with Gasteiger partial charge in [0.15, 0.2) is 5.82 Å². The van der Waals surface area contributed by atoms with Crippen molar-refractivity contribution in [2.45, 2.75) is 51.7 Å². The third-order valence-corrected chi connectivity index (χ3v) is 5.31. The highest BCUT2D eigenvalue weighted by Crippen LogP contribution is 2.26. The van der Waals surface area contributed by atoms with Crippen molar-refractivity contribution in [2.24, 2.45) is 0 Å². The van der Waals surface area contributed by atoms with Gasteiger partial charge in [-0.15, -0.1) is 13.2 Å². The van der Waals surface area contributed by atoms with Crippen molar-refractivity contribution in [1.29, 1.82) is 0 Å². The lowest BCUT2D eigenvalue weighted by Gasteiger charge is -2.19. The standard InChI is InChI=1S/C26H37F3N6O6/c1-25(2,3)41-24(36)31-11-14-38-16-15-37-13-10-30-22-33-21(18-6-8-19(9-7-18)40-26(27,28)29)34-23(35-22)32-17-20-5-4-12-39-20/h6-9,20H,4-5,10-17H2,1-3H3,(H,31,36)(H2,30,32,33,34,35). The summed E-state index contributed by atoms with van der Waals surface area (Å²) in [6.45, 7) is 8.63. The van der Waals surface area contributed by atoms with Gasteiger partial charge in [0.05, 0.1) is 32.5 Å². The number of rotatable bonds is 15. The second kappa shape index (κ2) is 15.5. The van der Waals surface area contributed by atoms with Crippen molar-refractivity contribution < 1.29 is 41.7 Å². The summed E-state index contributed by atoms with van der Waals surface area (Å²) in [5.41, 5.74) is -0.0709. The lowest BCUT2D eigenvalue weighted by molar-refractivity contribution is -0.274. The summed E-state index contributed by atoms with van der Waals surface area (Å²) in [5, 5.41) is 8.83. The maximum absolute atomic E-state index is 12.5. The van der Waals surface area contributed by atoms with Gasteiger partial charge in [-0.25, -0.2) is 4.79 Å². The van der Waals surface area contributed by atoms with E-state index in [1.54, 1.807) is 20.8 Å². The molecule has 0 saturated carbocycles. The van der Waals surface area contributed by atoms with Crippen molar-refractivity contribution in [1.82, 2.24) is 20.3 Å². The van der Waals surface area contributed by atoms with E-state index in [2.05, 4.69) is 35.6 Å². The molecule has 2 heterocycles. The molecule has 1 saturated heterocycles. The van der Waals surface area contributed by atoms with Crippen LogP contribution in [0.1, 0.15) is 33.6 Å². The molecule has 1 amide bonds. The highest BCUT2D eigenvalue weighted by Gasteiger charge is 2.31. The van der Waals surface area contributed by atoms with Crippen LogP contribution in [0.4, 0.5) is 29.9 Å². The first-order valence-corrected chi connectivity index (χ1v) is 13.3. The SMILES string of the molecule is CC(C)(C)OC(=O)NCCOCCOCCNc1nc(NCC2CCCO2)nc(-c2ccc(OC(F)(F)F)cc2)n1. The summed E-state index contributed by atoms with van der Waals surface area (Å²) in [6, 6.07) is 5.28. The molecule has 1 aromatic heterocycles. The maximum Gasteiger partial charge on any atom is 0.573 e. The van der Waals surface area contributed by atoms with Crippen molar-refractivity contribution in [3.63, 3.8) is 0 Å². The van der Waals surface area contributed by atoms with Gasteiger partial charge in [-0.2, -0.15) is 15.0 Å². The molecule has 228 valence electrons. The number of alkyl carbamates (subject to hydrolysis) is 1. The van der Waals surface area contributed by atoms with Crippen molar-refractivity contribution in [3.8, 4) is 17.1 Å². The van der Waals surface area contributed by atoms with E-state index in [-0.39, 0.29) is 23.6 Å². The van der Waals surface area contributed by atoms with Crippen molar-refractivity contribution in [3.05, 3.63) is 24.3 Å². The largest absolute Gasteiger partial charge is 0.573 e. The molecule has 1 aromatic carbocycles. The van der Waals surface area contributed by atoms with Crippen LogP contribution in [0.3, 0.4) is 0 Å². The summed E-state index contributed by atoms with van der Waals surface area (Å²) in [7, 11) is 0. The van der Waals surface area contributed by atoms with Crippen molar-refractivity contribution in [2.75, 3.05) is 63.3 Å². The number of nitrogens with zero attached hydrogens (tertiary/aromatic N) is 3. The van der Waals surface area contributed by atoms with Crippen LogP contribution in [0.15, 0.2) is 24.3 Å². The predicted octanol–water partition coefficient (Wildman–Crippen LogP) is 4.00. The first-order valence-electron chi connectivity index (χ1n) is 13.3. The molecule has 1 atom stereocenters. The molecule has 41 heavy (non-hydrogen) atoms. The van der Waals surface area contributed by atoms with Gasteiger partial charge in [0.2, 0.25) is 11.9 Å². The van der Waals surface area contributed by atoms with Gasteiger partial charge in [-0.1, -0.05) is 0 Å². The summed E-state index contributed by atoms with van der Waals surface area (Å²) >= 11 is 0. The minimum absolute atomic E-state index is 0.0501. The van der Waals surface area contributed by atoms with Crippen LogP contribution in [0.25, 0.3) is 11.4 Å². The molecule has 1 aliphatic heterocycles. The normalized spacial score (nSPS) is 15.4. The van der Waals surface area contributed by atoms with Crippen molar-refractivity contribution >= 4 is 18.0 Å². The number of benzene rings is 1. The molecule has 1 aliphatic rings. The molecule has 0 radical (unpaired) electrons. The Morgan fingerprint density at radius 1 is 0.951 bits per heavy atom. The van der Waals surface area contributed by atoms with E-state index in [9.17, 15) is 18.0 Å². The van der Waals surface area contributed by atoms with Crippen LogP contribution < -0.4 is 20.7 Å². The Balaban J connectivity index is 1.45. The molecule has 1 fully saturated rings. The molecule has 2 aromatic rings. The zero-order chi connectivity index (χ0) is 29.7. The van der Waals surface area contributed by atoms with E-state index < -0.39 is 18.1 Å². The monoisotopic (exact) mass is 586 g/mol. The number of nitrogens with one attached hydrogen (secondary N) is 3. The summed E-state index contributed by atoms with van der Waals surface area (Å²) in [5.74, 6) is 0.502. The number of carbonyl (C=O) groups is 1. The number of carbonyl (C=O) groups excluding carboxylic acids is 1.